The molecule has 0 aliphatic rings. The Labute approximate surface area is 159 Å². The van der Waals surface area contributed by atoms with E-state index >= 15 is 0 Å². The molecule has 0 bridgehead atoms. The Balaban J connectivity index is 1.59. The summed E-state index contributed by atoms with van der Waals surface area (Å²) in [4.78, 5) is 8.85. The molecule has 0 radical (unpaired) electrons. The van der Waals surface area contributed by atoms with Gasteiger partial charge in [-0.1, -0.05) is 25.9 Å². The molecule has 0 atom stereocenters. The average molecular weight is 369 g/mol. The van der Waals surface area contributed by atoms with E-state index in [1.54, 1.807) is 6.92 Å². The first-order valence-electron chi connectivity index (χ1n) is 9.20. The average Bonchev–Trinajstić information content (AvgIpc) is 3.22. The summed E-state index contributed by atoms with van der Waals surface area (Å²) in [6.07, 6.45) is 1.67. The number of hydrogen-bond donors (Lipinski definition) is 1. The molecular formula is C20H27N5O2. The van der Waals surface area contributed by atoms with Crippen molar-refractivity contribution < 1.29 is 9.26 Å². The number of nitrogens with zero attached hydrogens (tertiary/aromatic N) is 4. The molecule has 27 heavy (non-hydrogen) atoms. The SMILES string of the molecule is Cc1nc(-c2cc(C)c(OCCCc3nc(C(C)(C)C)n[nH]3)c(C)c2)no1. The predicted octanol–water partition coefficient (Wildman–Crippen LogP) is 4.09. The zero-order valence-corrected chi connectivity index (χ0v) is 16.9. The first kappa shape index (κ1) is 19.1. The Bertz CT molecular complexity index is 898. The second-order valence-corrected chi connectivity index (χ2v) is 7.88. The van der Waals surface area contributed by atoms with Crippen LogP contribution in [0.25, 0.3) is 11.4 Å². The van der Waals surface area contributed by atoms with Crippen LogP contribution in [0.2, 0.25) is 0 Å². The number of aromatic amines is 1. The number of H-pyrrole nitrogens is 1. The lowest BCUT2D eigenvalue weighted by atomic mass is 9.96. The summed E-state index contributed by atoms with van der Waals surface area (Å²) in [5, 5.41) is 11.3. The normalized spacial score (nSPS) is 11.8. The number of hydrogen-bond acceptors (Lipinski definition) is 6. The van der Waals surface area contributed by atoms with Gasteiger partial charge >= 0.3 is 0 Å². The van der Waals surface area contributed by atoms with Crippen LogP contribution in [0.5, 0.6) is 5.75 Å². The Kier molecular flexibility index (Phi) is 5.30. The molecule has 144 valence electrons. The van der Waals surface area contributed by atoms with Gasteiger partial charge in [0, 0.05) is 24.3 Å². The van der Waals surface area contributed by atoms with Crippen LogP contribution in [0.1, 0.15) is 55.9 Å². The van der Waals surface area contributed by atoms with Crippen molar-refractivity contribution in [3.8, 4) is 17.1 Å². The fraction of sp³-hybridized carbons (Fsp3) is 0.500. The molecule has 2 aromatic heterocycles. The van der Waals surface area contributed by atoms with Crippen molar-refractivity contribution in [2.75, 3.05) is 6.61 Å². The van der Waals surface area contributed by atoms with Crippen molar-refractivity contribution in [1.29, 1.82) is 0 Å². The van der Waals surface area contributed by atoms with Gasteiger partial charge in [-0.25, -0.2) is 4.98 Å². The van der Waals surface area contributed by atoms with Gasteiger partial charge in [0.05, 0.1) is 6.61 Å². The van der Waals surface area contributed by atoms with Gasteiger partial charge < -0.3 is 9.26 Å². The van der Waals surface area contributed by atoms with Crippen molar-refractivity contribution in [2.24, 2.45) is 0 Å². The molecule has 0 unspecified atom stereocenters. The topological polar surface area (TPSA) is 89.7 Å². The van der Waals surface area contributed by atoms with Crippen LogP contribution in [0.4, 0.5) is 0 Å². The minimum atomic E-state index is -0.0432. The molecule has 1 N–H and O–H groups in total. The van der Waals surface area contributed by atoms with Crippen molar-refractivity contribution in [3.63, 3.8) is 0 Å². The standard InChI is InChI=1S/C20H27N5O2/c1-12-10-15(18-21-14(3)27-25-18)11-13(2)17(12)26-9-7-8-16-22-19(24-23-16)20(4,5)6/h10-11H,7-9H2,1-6H3,(H,22,23,24). The maximum absolute atomic E-state index is 6.03. The van der Waals surface area contributed by atoms with E-state index in [-0.39, 0.29) is 5.41 Å². The van der Waals surface area contributed by atoms with Crippen LogP contribution in [-0.2, 0) is 11.8 Å². The highest BCUT2D eigenvalue weighted by atomic mass is 16.5. The summed E-state index contributed by atoms with van der Waals surface area (Å²) in [6, 6.07) is 4.05. The molecule has 7 nitrogen and oxygen atoms in total. The number of aryl methyl sites for hydroxylation is 4. The monoisotopic (exact) mass is 369 g/mol. The molecule has 0 saturated carbocycles. The number of nitrogens with one attached hydrogen (secondary N) is 1. The first-order valence-corrected chi connectivity index (χ1v) is 9.20. The molecular weight excluding hydrogens is 342 g/mol. The molecule has 0 aliphatic carbocycles. The molecule has 0 amide bonds. The van der Waals surface area contributed by atoms with Gasteiger partial charge in [0.25, 0.3) is 0 Å². The summed E-state index contributed by atoms with van der Waals surface area (Å²) < 4.78 is 11.1. The third kappa shape index (κ3) is 4.53. The molecule has 0 aliphatic heterocycles. The number of benzene rings is 1. The van der Waals surface area contributed by atoms with Crippen LogP contribution in [-0.4, -0.2) is 31.9 Å². The van der Waals surface area contributed by atoms with E-state index in [1.165, 1.54) is 0 Å². The molecule has 0 fully saturated rings. The van der Waals surface area contributed by atoms with Gasteiger partial charge in [-0.3, -0.25) is 5.10 Å². The van der Waals surface area contributed by atoms with E-state index in [0.717, 1.165) is 46.9 Å². The second kappa shape index (κ2) is 7.50. The van der Waals surface area contributed by atoms with Crippen molar-refractivity contribution in [1.82, 2.24) is 25.3 Å². The van der Waals surface area contributed by atoms with Gasteiger partial charge in [0.15, 0.2) is 5.82 Å². The van der Waals surface area contributed by atoms with Crippen molar-refractivity contribution in [3.05, 3.63) is 40.8 Å². The smallest absolute Gasteiger partial charge is 0.223 e. The first-order chi connectivity index (χ1) is 12.7. The quantitative estimate of drug-likeness (QED) is 0.658. The van der Waals surface area contributed by atoms with E-state index in [2.05, 4.69) is 46.1 Å². The van der Waals surface area contributed by atoms with Gasteiger partial charge in [0.1, 0.15) is 11.6 Å². The Morgan fingerprint density at radius 2 is 1.78 bits per heavy atom. The Morgan fingerprint density at radius 1 is 1.07 bits per heavy atom. The zero-order valence-electron chi connectivity index (χ0n) is 16.9. The Hall–Kier alpha value is -2.70. The largest absolute Gasteiger partial charge is 0.493 e. The minimum Gasteiger partial charge on any atom is -0.493 e. The lowest BCUT2D eigenvalue weighted by Gasteiger charge is -2.13. The summed E-state index contributed by atoms with van der Waals surface area (Å²) in [5.74, 6) is 3.82. The maximum atomic E-state index is 6.03. The highest BCUT2D eigenvalue weighted by Crippen LogP contribution is 2.29. The fourth-order valence-corrected chi connectivity index (χ4v) is 2.88. The molecule has 0 spiro atoms. The van der Waals surface area contributed by atoms with E-state index in [4.69, 9.17) is 9.26 Å². The van der Waals surface area contributed by atoms with Crippen LogP contribution in [0, 0.1) is 20.8 Å². The second-order valence-electron chi connectivity index (χ2n) is 7.88. The van der Waals surface area contributed by atoms with Crippen LogP contribution in [0.15, 0.2) is 16.7 Å². The molecule has 1 aromatic carbocycles. The van der Waals surface area contributed by atoms with E-state index in [9.17, 15) is 0 Å². The molecule has 2 heterocycles. The zero-order chi connectivity index (χ0) is 19.6. The lowest BCUT2D eigenvalue weighted by molar-refractivity contribution is 0.306. The maximum Gasteiger partial charge on any atom is 0.223 e. The summed E-state index contributed by atoms with van der Waals surface area (Å²) in [7, 11) is 0. The summed E-state index contributed by atoms with van der Waals surface area (Å²) in [5.41, 5.74) is 3.01. The van der Waals surface area contributed by atoms with Gasteiger partial charge in [-0.15, -0.1) is 0 Å². The van der Waals surface area contributed by atoms with Crippen LogP contribution >= 0.6 is 0 Å². The molecule has 0 saturated heterocycles. The molecule has 7 heteroatoms. The lowest BCUT2D eigenvalue weighted by Crippen LogP contribution is -2.13. The Morgan fingerprint density at radius 3 is 2.33 bits per heavy atom. The molecule has 3 aromatic rings. The summed E-state index contributed by atoms with van der Waals surface area (Å²) in [6.45, 7) is 12.8. The van der Waals surface area contributed by atoms with Crippen molar-refractivity contribution in [2.45, 2.75) is 59.8 Å². The number of rotatable bonds is 6. The van der Waals surface area contributed by atoms with Gasteiger partial charge in [-0.2, -0.15) is 10.1 Å². The van der Waals surface area contributed by atoms with Gasteiger partial charge in [0.2, 0.25) is 11.7 Å². The summed E-state index contributed by atoms with van der Waals surface area (Å²) >= 11 is 0. The predicted molar refractivity (Wildman–Crippen MR) is 103 cm³/mol. The van der Waals surface area contributed by atoms with Crippen LogP contribution < -0.4 is 4.74 Å². The highest BCUT2D eigenvalue weighted by molar-refractivity contribution is 5.60. The van der Waals surface area contributed by atoms with Gasteiger partial charge in [-0.05, 0) is 43.5 Å². The van der Waals surface area contributed by atoms with E-state index < -0.39 is 0 Å². The third-order valence-electron chi connectivity index (χ3n) is 4.25. The minimum absolute atomic E-state index is 0.0432. The number of aromatic nitrogens is 5. The van der Waals surface area contributed by atoms with E-state index in [1.807, 2.05) is 26.0 Å². The van der Waals surface area contributed by atoms with Crippen LogP contribution in [0.3, 0.4) is 0 Å². The van der Waals surface area contributed by atoms with E-state index in [0.29, 0.717) is 18.3 Å². The molecule has 3 rings (SSSR count). The number of ether oxygens (including phenoxy) is 1. The fourth-order valence-electron chi connectivity index (χ4n) is 2.88. The third-order valence-corrected chi connectivity index (χ3v) is 4.25. The highest BCUT2D eigenvalue weighted by Gasteiger charge is 2.19. The van der Waals surface area contributed by atoms with Crippen molar-refractivity contribution >= 4 is 0 Å².